The van der Waals surface area contributed by atoms with Gasteiger partial charge in [0.25, 0.3) is 0 Å². The molecule has 0 aliphatic rings. The monoisotopic (exact) mass is 314 g/mol. The van der Waals surface area contributed by atoms with E-state index in [9.17, 15) is 0 Å². The minimum Gasteiger partial charge on any atom is -0.480 e. The van der Waals surface area contributed by atoms with E-state index in [2.05, 4.69) is 50.7 Å². The molecule has 0 aliphatic carbocycles. The third-order valence-corrected chi connectivity index (χ3v) is 5.25. The lowest BCUT2D eigenvalue weighted by molar-refractivity contribution is 0.402. The third-order valence-electron chi connectivity index (χ3n) is 4.01. The highest BCUT2D eigenvalue weighted by Gasteiger charge is 2.19. The van der Waals surface area contributed by atoms with E-state index < -0.39 is 0 Å². The number of hydrogen-bond donors (Lipinski definition) is 0. The van der Waals surface area contributed by atoms with Gasteiger partial charge in [0.15, 0.2) is 0 Å². The Balaban J connectivity index is 2.33. The minimum atomic E-state index is 0.288. The molecule has 1 aromatic carbocycles. The van der Waals surface area contributed by atoms with Crippen LogP contribution in [0.1, 0.15) is 36.8 Å². The van der Waals surface area contributed by atoms with Crippen LogP contribution >= 0.6 is 11.3 Å². The maximum atomic E-state index is 5.40. The van der Waals surface area contributed by atoms with Gasteiger partial charge in [0.05, 0.1) is 18.0 Å². The summed E-state index contributed by atoms with van der Waals surface area (Å²) in [6.07, 6.45) is 2.68. The third kappa shape index (κ3) is 2.45. The maximum absolute atomic E-state index is 5.40. The van der Waals surface area contributed by atoms with E-state index in [0.29, 0.717) is 5.88 Å². The van der Waals surface area contributed by atoms with Crippen LogP contribution in [0, 0.1) is 19.3 Å². The highest BCUT2D eigenvalue weighted by molar-refractivity contribution is 7.19. The number of benzene rings is 1. The summed E-state index contributed by atoms with van der Waals surface area (Å²) in [5, 5.41) is 2.34. The van der Waals surface area contributed by atoms with Crippen LogP contribution in [0.15, 0.2) is 12.4 Å². The predicted molar refractivity (Wildman–Crippen MR) is 94.1 cm³/mol. The lowest BCUT2D eigenvalue weighted by atomic mass is 9.90. The summed E-state index contributed by atoms with van der Waals surface area (Å²) in [4.78, 5) is 10.2. The van der Waals surface area contributed by atoms with Gasteiger partial charge < -0.3 is 4.74 Å². The van der Waals surface area contributed by atoms with Crippen LogP contribution in [0.25, 0.3) is 21.0 Å². The number of ether oxygens (including phenoxy) is 1. The zero-order valence-corrected chi connectivity index (χ0v) is 14.9. The van der Waals surface area contributed by atoms with Crippen LogP contribution in [0.2, 0.25) is 0 Å². The van der Waals surface area contributed by atoms with Crippen molar-refractivity contribution in [2.24, 2.45) is 5.41 Å². The topological polar surface area (TPSA) is 35.0 Å². The van der Waals surface area contributed by atoms with Gasteiger partial charge in [-0.1, -0.05) is 20.8 Å². The van der Waals surface area contributed by atoms with Gasteiger partial charge in [0.1, 0.15) is 6.33 Å². The van der Waals surface area contributed by atoms with Gasteiger partial charge >= 0.3 is 0 Å². The molecule has 0 atom stereocenters. The minimum absolute atomic E-state index is 0.288. The lowest BCUT2D eigenvalue weighted by Crippen LogP contribution is -2.08. The summed E-state index contributed by atoms with van der Waals surface area (Å²) in [7, 11) is 1.66. The Bertz CT molecular complexity index is 859. The number of nitrogens with zero attached hydrogens (tertiary/aromatic N) is 2. The van der Waals surface area contributed by atoms with Gasteiger partial charge in [-0.05, 0) is 42.9 Å². The van der Waals surface area contributed by atoms with Crippen molar-refractivity contribution in [1.29, 1.82) is 0 Å². The van der Waals surface area contributed by atoms with Gasteiger partial charge in [-0.3, -0.25) is 0 Å². The molecule has 0 N–H and O–H groups in total. The second-order valence-corrected chi connectivity index (χ2v) is 8.18. The Morgan fingerprint density at radius 2 is 1.86 bits per heavy atom. The average Bonchev–Trinajstić information content (AvgIpc) is 2.73. The van der Waals surface area contributed by atoms with Crippen molar-refractivity contribution in [2.45, 2.75) is 41.0 Å². The first-order chi connectivity index (χ1) is 10.3. The van der Waals surface area contributed by atoms with Crippen molar-refractivity contribution in [3.8, 4) is 5.88 Å². The number of aryl methyl sites for hydroxylation is 2. The van der Waals surface area contributed by atoms with Gasteiger partial charge in [-0.2, -0.15) is 0 Å². The van der Waals surface area contributed by atoms with Crippen molar-refractivity contribution >= 4 is 32.3 Å². The number of rotatable bonds is 2. The molecule has 0 bridgehead atoms. The second kappa shape index (κ2) is 5.20. The van der Waals surface area contributed by atoms with Gasteiger partial charge in [-0.15, -0.1) is 11.3 Å². The number of methoxy groups -OCH3 is 1. The number of fused-ring (bicyclic) bond motifs is 2. The summed E-state index contributed by atoms with van der Waals surface area (Å²) in [6.45, 7) is 11.2. The molecule has 0 amide bonds. The summed E-state index contributed by atoms with van der Waals surface area (Å²) in [5.41, 5.74) is 3.90. The fraction of sp³-hybridized carbons (Fsp3) is 0.444. The Hall–Kier alpha value is -1.68. The molecule has 2 heterocycles. The molecule has 22 heavy (non-hydrogen) atoms. The zero-order chi connectivity index (χ0) is 16.1. The van der Waals surface area contributed by atoms with E-state index in [1.165, 1.54) is 26.1 Å². The first kappa shape index (κ1) is 15.2. The van der Waals surface area contributed by atoms with Crippen molar-refractivity contribution in [3.63, 3.8) is 0 Å². The molecule has 4 heteroatoms. The van der Waals surface area contributed by atoms with E-state index >= 15 is 0 Å². The van der Waals surface area contributed by atoms with Crippen molar-refractivity contribution in [2.75, 3.05) is 7.11 Å². The summed E-state index contributed by atoms with van der Waals surface area (Å²) in [5.74, 6) is 0.651. The smallest absolute Gasteiger partial charge is 0.224 e. The normalized spacial score (nSPS) is 12.3. The quantitative estimate of drug-likeness (QED) is 0.663. The molecule has 0 unspecified atom stereocenters. The van der Waals surface area contributed by atoms with Crippen LogP contribution in [-0.4, -0.2) is 17.1 Å². The number of thiophene rings is 1. The standard InChI is InChI=1S/C18H22N2OS/c1-10-14(8-18(3,4)5)22-13-7-12-16(11(2)15(10)13)19-9-20-17(12)21-6/h7,9H,8H2,1-6H3. The molecular weight excluding hydrogens is 292 g/mol. The molecule has 0 radical (unpaired) electrons. The van der Waals surface area contributed by atoms with E-state index in [1.807, 2.05) is 11.3 Å². The Labute approximate surface area is 135 Å². The molecule has 116 valence electrons. The van der Waals surface area contributed by atoms with Crippen molar-refractivity contribution in [3.05, 3.63) is 28.4 Å². The second-order valence-electron chi connectivity index (χ2n) is 7.04. The summed E-state index contributed by atoms with van der Waals surface area (Å²) in [6, 6.07) is 2.18. The summed E-state index contributed by atoms with van der Waals surface area (Å²) < 4.78 is 6.70. The lowest BCUT2D eigenvalue weighted by Gasteiger charge is -2.17. The highest BCUT2D eigenvalue weighted by Crippen LogP contribution is 2.40. The first-order valence-electron chi connectivity index (χ1n) is 7.52. The molecule has 0 spiro atoms. The van der Waals surface area contributed by atoms with Gasteiger partial charge in [0, 0.05) is 15.0 Å². The molecule has 0 saturated heterocycles. The van der Waals surface area contributed by atoms with Crippen molar-refractivity contribution in [1.82, 2.24) is 9.97 Å². The molecule has 0 aliphatic heterocycles. The van der Waals surface area contributed by atoms with E-state index in [-0.39, 0.29) is 5.41 Å². The molecular formula is C18H22N2OS. The molecule has 0 fully saturated rings. The largest absolute Gasteiger partial charge is 0.480 e. The number of aromatic nitrogens is 2. The number of hydrogen-bond acceptors (Lipinski definition) is 4. The molecule has 2 aromatic heterocycles. The van der Waals surface area contributed by atoms with Crippen LogP contribution in [0.5, 0.6) is 5.88 Å². The fourth-order valence-corrected chi connectivity index (χ4v) is 4.63. The van der Waals surface area contributed by atoms with Gasteiger partial charge in [0.2, 0.25) is 5.88 Å². The molecule has 3 nitrogen and oxygen atoms in total. The van der Waals surface area contributed by atoms with Crippen LogP contribution in [-0.2, 0) is 6.42 Å². The van der Waals surface area contributed by atoms with Crippen molar-refractivity contribution < 1.29 is 4.74 Å². The molecule has 3 rings (SSSR count). The van der Waals surface area contributed by atoms with E-state index in [0.717, 1.165) is 17.3 Å². The SMILES string of the molecule is COc1ncnc2c(C)c3c(C)c(CC(C)(C)C)sc3cc12. The first-order valence-corrected chi connectivity index (χ1v) is 8.34. The fourth-order valence-electron chi connectivity index (χ4n) is 3.02. The Morgan fingerprint density at radius 1 is 1.14 bits per heavy atom. The Morgan fingerprint density at radius 3 is 2.50 bits per heavy atom. The van der Waals surface area contributed by atoms with Crippen LogP contribution in [0.3, 0.4) is 0 Å². The molecule has 3 aromatic rings. The maximum Gasteiger partial charge on any atom is 0.224 e. The highest BCUT2D eigenvalue weighted by atomic mass is 32.1. The average molecular weight is 314 g/mol. The Kier molecular flexibility index (Phi) is 3.60. The van der Waals surface area contributed by atoms with Crippen LogP contribution < -0.4 is 4.74 Å². The zero-order valence-electron chi connectivity index (χ0n) is 14.1. The van der Waals surface area contributed by atoms with E-state index in [1.54, 1.807) is 13.4 Å². The van der Waals surface area contributed by atoms with Gasteiger partial charge in [-0.25, -0.2) is 9.97 Å². The van der Waals surface area contributed by atoms with Crippen LogP contribution in [0.4, 0.5) is 0 Å². The van der Waals surface area contributed by atoms with E-state index in [4.69, 9.17) is 4.74 Å². The molecule has 0 saturated carbocycles. The summed E-state index contributed by atoms with van der Waals surface area (Å²) >= 11 is 1.89. The predicted octanol–water partition coefficient (Wildman–Crippen LogP) is 5.06.